The number of aromatic nitrogens is 2. The molecule has 2 atom stereocenters. The molecule has 0 N–H and O–H groups in total. The maximum absolute atomic E-state index is 12.1. The van der Waals surface area contributed by atoms with E-state index >= 15 is 0 Å². The first-order valence-corrected chi connectivity index (χ1v) is 11.6. The molecule has 0 saturated carbocycles. The van der Waals surface area contributed by atoms with Crippen molar-refractivity contribution in [3.63, 3.8) is 0 Å². The number of hydrogen-bond acceptors (Lipinski definition) is 6. The van der Waals surface area contributed by atoms with E-state index in [0.29, 0.717) is 19.6 Å². The molecule has 1 aromatic heterocycles. The summed E-state index contributed by atoms with van der Waals surface area (Å²) in [5, 5.41) is 4.41. The SMILES string of the molecule is Cc1nn(C)c(C)c1CN1CCN(S(C)(=O)=O)[C@@H]2CS(=O)(=O)C[C@@H]21. The van der Waals surface area contributed by atoms with Crippen LogP contribution in [-0.2, 0) is 33.5 Å². The standard InChI is InChI=1S/C14H24N4O4S2/c1-10-12(11(2)16(3)15-10)7-17-5-6-18(23(4,19)20)14-9-24(21,22)8-13(14)17/h13-14H,5-9H2,1-4H3/t13-,14+/m0/s1. The van der Waals surface area contributed by atoms with Crippen molar-refractivity contribution >= 4 is 19.9 Å². The van der Waals surface area contributed by atoms with Gasteiger partial charge in [0.05, 0.1) is 29.5 Å². The normalized spacial score (nSPS) is 28.2. The summed E-state index contributed by atoms with van der Waals surface area (Å²) in [6.07, 6.45) is 1.15. The maximum atomic E-state index is 12.1. The zero-order valence-corrected chi connectivity index (χ0v) is 16.1. The van der Waals surface area contributed by atoms with Gasteiger partial charge in [0.15, 0.2) is 9.84 Å². The summed E-state index contributed by atoms with van der Waals surface area (Å²) in [5.41, 5.74) is 3.07. The van der Waals surface area contributed by atoms with Crippen molar-refractivity contribution in [1.82, 2.24) is 19.0 Å². The van der Waals surface area contributed by atoms with Crippen molar-refractivity contribution < 1.29 is 16.8 Å². The Morgan fingerprint density at radius 3 is 2.33 bits per heavy atom. The highest BCUT2D eigenvalue weighted by Gasteiger charge is 2.49. The summed E-state index contributed by atoms with van der Waals surface area (Å²) in [5.74, 6) is -0.0751. The van der Waals surface area contributed by atoms with Crippen LogP contribution < -0.4 is 0 Å². The molecule has 0 bridgehead atoms. The highest BCUT2D eigenvalue weighted by molar-refractivity contribution is 7.92. The van der Waals surface area contributed by atoms with Crippen molar-refractivity contribution in [2.75, 3.05) is 30.9 Å². The number of sulfone groups is 1. The molecular weight excluding hydrogens is 352 g/mol. The molecule has 3 heterocycles. The maximum Gasteiger partial charge on any atom is 0.211 e. The number of aryl methyl sites for hydroxylation is 2. The molecule has 0 unspecified atom stereocenters. The second-order valence-corrected chi connectivity index (χ2v) is 10.9. The lowest BCUT2D eigenvalue weighted by Crippen LogP contribution is -2.59. The molecule has 0 amide bonds. The third-order valence-corrected chi connectivity index (χ3v) is 8.19. The van der Waals surface area contributed by atoms with Gasteiger partial charge in [0.1, 0.15) is 0 Å². The number of nitrogens with zero attached hydrogens (tertiary/aromatic N) is 4. The van der Waals surface area contributed by atoms with Crippen LogP contribution >= 0.6 is 0 Å². The highest BCUT2D eigenvalue weighted by atomic mass is 32.2. The van der Waals surface area contributed by atoms with Gasteiger partial charge in [-0.25, -0.2) is 16.8 Å². The van der Waals surface area contributed by atoms with Gasteiger partial charge in [-0.05, 0) is 13.8 Å². The van der Waals surface area contributed by atoms with E-state index in [1.54, 1.807) is 0 Å². The largest absolute Gasteiger partial charge is 0.292 e. The summed E-state index contributed by atoms with van der Waals surface area (Å²) >= 11 is 0. The van der Waals surface area contributed by atoms with Gasteiger partial charge in [-0.15, -0.1) is 0 Å². The zero-order valence-electron chi connectivity index (χ0n) is 14.4. The Morgan fingerprint density at radius 1 is 1.17 bits per heavy atom. The molecule has 8 nitrogen and oxygen atoms in total. The van der Waals surface area contributed by atoms with Crippen LogP contribution in [0.15, 0.2) is 0 Å². The minimum absolute atomic E-state index is 0.0159. The minimum Gasteiger partial charge on any atom is -0.292 e. The van der Waals surface area contributed by atoms with Gasteiger partial charge in [0.25, 0.3) is 0 Å². The topological polar surface area (TPSA) is 92.6 Å². The quantitative estimate of drug-likeness (QED) is 0.691. The lowest BCUT2D eigenvalue weighted by Gasteiger charge is -2.42. The van der Waals surface area contributed by atoms with Crippen LogP contribution in [0.25, 0.3) is 0 Å². The van der Waals surface area contributed by atoms with Crippen molar-refractivity contribution in [1.29, 1.82) is 0 Å². The van der Waals surface area contributed by atoms with Gasteiger partial charge >= 0.3 is 0 Å². The van der Waals surface area contributed by atoms with E-state index < -0.39 is 25.9 Å². The van der Waals surface area contributed by atoms with Crippen LogP contribution in [0.5, 0.6) is 0 Å². The van der Waals surface area contributed by atoms with E-state index in [1.165, 1.54) is 4.31 Å². The number of hydrogen-bond donors (Lipinski definition) is 0. The summed E-state index contributed by atoms with van der Waals surface area (Å²) in [4.78, 5) is 2.11. The Labute approximate surface area is 143 Å². The summed E-state index contributed by atoms with van der Waals surface area (Å²) in [7, 11) is -4.76. The van der Waals surface area contributed by atoms with Crippen LogP contribution in [0.2, 0.25) is 0 Å². The number of fused-ring (bicyclic) bond motifs is 1. The lowest BCUT2D eigenvalue weighted by atomic mass is 10.1. The van der Waals surface area contributed by atoms with Gasteiger partial charge in [0.2, 0.25) is 10.0 Å². The van der Waals surface area contributed by atoms with Crippen LogP contribution in [-0.4, -0.2) is 78.8 Å². The van der Waals surface area contributed by atoms with Gasteiger partial charge in [0, 0.05) is 44.0 Å². The first-order valence-electron chi connectivity index (χ1n) is 7.90. The number of rotatable bonds is 3. The second kappa shape index (κ2) is 5.79. The molecule has 10 heteroatoms. The van der Waals surface area contributed by atoms with Gasteiger partial charge in [-0.2, -0.15) is 9.40 Å². The monoisotopic (exact) mass is 376 g/mol. The van der Waals surface area contributed by atoms with E-state index in [0.717, 1.165) is 23.2 Å². The van der Waals surface area contributed by atoms with Crippen molar-refractivity contribution in [3.05, 3.63) is 17.0 Å². The zero-order chi connectivity index (χ0) is 17.9. The van der Waals surface area contributed by atoms with Crippen molar-refractivity contribution in [3.8, 4) is 0 Å². The Bertz CT molecular complexity index is 860. The third-order valence-electron chi connectivity index (χ3n) is 5.19. The van der Waals surface area contributed by atoms with Gasteiger partial charge < -0.3 is 0 Å². The van der Waals surface area contributed by atoms with E-state index in [4.69, 9.17) is 0 Å². The Hall–Kier alpha value is -0.970. The molecule has 0 spiro atoms. The molecule has 0 aliphatic carbocycles. The molecule has 136 valence electrons. The molecular formula is C14H24N4O4S2. The minimum atomic E-state index is -3.41. The fraction of sp³-hybridized carbons (Fsp3) is 0.786. The van der Waals surface area contributed by atoms with Crippen LogP contribution in [0, 0.1) is 13.8 Å². The predicted molar refractivity (Wildman–Crippen MR) is 90.9 cm³/mol. The molecule has 0 aromatic carbocycles. The van der Waals surface area contributed by atoms with Crippen molar-refractivity contribution in [2.45, 2.75) is 32.5 Å². The highest BCUT2D eigenvalue weighted by Crippen LogP contribution is 2.30. The molecule has 0 radical (unpaired) electrons. The Balaban J connectivity index is 1.91. The van der Waals surface area contributed by atoms with E-state index in [1.807, 2.05) is 25.6 Å². The molecule has 2 fully saturated rings. The molecule has 2 aliphatic heterocycles. The second-order valence-electron chi connectivity index (χ2n) is 6.83. The first-order chi connectivity index (χ1) is 11.0. The lowest BCUT2D eigenvalue weighted by molar-refractivity contribution is 0.0892. The number of piperazine rings is 1. The summed E-state index contributed by atoms with van der Waals surface area (Å²) < 4.78 is 51.5. The van der Waals surface area contributed by atoms with E-state index in [-0.39, 0.29) is 17.5 Å². The average molecular weight is 377 g/mol. The molecule has 2 aliphatic rings. The summed E-state index contributed by atoms with van der Waals surface area (Å²) in [6, 6.07) is -0.784. The van der Waals surface area contributed by atoms with Crippen LogP contribution in [0.4, 0.5) is 0 Å². The Kier molecular flexibility index (Phi) is 4.30. The molecule has 1 aromatic rings. The first kappa shape index (κ1) is 17.8. The molecule has 3 rings (SSSR count). The van der Waals surface area contributed by atoms with Gasteiger partial charge in [-0.3, -0.25) is 9.58 Å². The van der Waals surface area contributed by atoms with Crippen LogP contribution in [0.1, 0.15) is 17.0 Å². The van der Waals surface area contributed by atoms with E-state index in [2.05, 4.69) is 10.00 Å². The summed E-state index contributed by atoms with van der Waals surface area (Å²) in [6.45, 7) is 5.38. The Morgan fingerprint density at radius 2 is 1.79 bits per heavy atom. The van der Waals surface area contributed by atoms with Crippen LogP contribution in [0.3, 0.4) is 0 Å². The fourth-order valence-corrected chi connectivity index (χ4v) is 7.08. The molecule has 24 heavy (non-hydrogen) atoms. The molecule has 2 saturated heterocycles. The predicted octanol–water partition coefficient (Wildman–Crippen LogP) is -0.720. The van der Waals surface area contributed by atoms with Crippen molar-refractivity contribution in [2.24, 2.45) is 7.05 Å². The average Bonchev–Trinajstić information content (AvgIpc) is 2.87. The fourth-order valence-electron chi connectivity index (χ4n) is 3.85. The smallest absolute Gasteiger partial charge is 0.211 e. The van der Waals surface area contributed by atoms with E-state index in [9.17, 15) is 16.8 Å². The third kappa shape index (κ3) is 3.12. The van der Waals surface area contributed by atoms with Gasteiger partial charge in [-0.1, -0.05) is 0 Å². The number of sulfonamides is 1.